The molecule has 0 aliphatic carbocycles. The molecular weight excluding hydrogens is 274 g/mol. The molecule has 1 heterocycles. The standard InChI is InChI=1S/C10H9F4NO4/c1-2-18-9(17)7-8(19-10(12,13)14)6(16)3-5(4-11)15-7/h3H,2,4H2,1H3,(H,15,16). The Labute approximate surface area is 104 Å². The van der Waals surface area contributed by atoms with Gasteiger partial charge >= 0.3 is 12.3 Å². The predicted octanol–water partition coefficient (Wildman–Crippen LogP) is 1.92. The number of carbonyl (C=O) groups is 1. The van der Waals surface area contributed by atoms with Crippen LogP contribution in [0.15, 0.2) is 10.9 Å². The first-order chi connectivity index (χ1) is 8.78. The summed E-state index contributed by atoms with van der Waals surface area (Å²) in [7, 11) is 0. The zero-order valence-corrected chi connectivity index (χ0v) is 9.64. The fraction of sp³-hybridized carbons (Fsp3) is 0.400. The van der Waals surface area contributed by atoms with Gasteiger partial charge < -0.3 is 14.5 Å². The Bertz CT molecular complexity index is 523. The predicted molar refractivity (Wildman–Crippen MR) is 54.5 cm³/mol. The van der Waals surface area contributed by atoms with Crippen molar-refractivity contribution in [1.29, 1.82) is 0 Å². The molecule has 0 saturated heterocycles. The second-order valence-electron chi connectivity index (χ2n) is 3.26. The molecule has 5 nitrogen and oxygen atoms in total. The molecule has 0 amide bonds. The van der Waals surface area contributed by atoms with Crippen LogP contribution in [0.2, 0.25) is 0 Å². The summed E-state index contributed by atoms with van der Waals surface area (Å²) in [5, 5.41) is 0. The zero-order chi connectivity index (χ0) is 14.6. The molecule has 0 radical (unpaired) electrons. The Morgan fingerprint density at radius 3 is 2.53 bits per heavy atom. The summed E-state index contributed by atoms with van der Waals surface area (Å²) in [4.78, 5) is 24.8. The number of hydrogen-bond donors (Lipinski definition) is 1. The first-order valence-electron chi connectivity index (χ1n) is 5.03. The molecule has 0 unspecified atom stereocenters. The molecule has 0 aliphatic rings. The minimum Gasteiger partial charge on any atom is -0.461 e. The van der Waals surface area contributed by atoms with Crippen LogP contribution in [0.4, 0.5) is 17.6 Å². The molecule has 1 rings (SSSR count). The molecule has 106 valence electrons. The van der Waals surface area contributed by atoms with Crippen LogP contribution in [0, 0.1) is 0 Å². The van der Waals surface area contributed by atoms with Gasteiger partial charge in [-0.15, -0.1) is 13.2 Å². The van der Waals surface area contributed by atoms with E-state index in [1.54, 1.807) is 0 Å². The highest BCUT2D eigenvalue weighted by atomic mass is 19.4. The van der Waals surface area contributed by atoms with E-state index in [1.165, 1.54) is 6.92 Å². The molecular formula is C10H9F4NO4. The van der Waals surface area contributed by atoms with Gasteiger partial charge in [-0.1, -0.05) is 0 Å². The van der Waals surface area contributed by atoms with Crippen molar-refractivity contribution in [2.75, 3.05) is 6.61 Å². The van der Waals surface area contributed by atoms with Gasteiger partial charge in [0.05, 0.1) is 12.3 Å². The quantitative estimate of drug-likeness (QED) is 0.677. The van der Waals surface area contributed by atoms with Crippen molar-refractivity contribution in [1.82, 2.24) is 4.98 Å². The number of pyridine rings is 1. The van der Waals surface area contributed by atoms with E-state index in [0.717, 1.165) is 0 Å². The SMILES string of the molecule is CCOC(=O)c1[nH]c(CF)cc(=O)c1OC(F)(F)F. The first kappa shape index (κ1) is 15.0. The Kier molecular flexibility index (Phi) is 4.52. The largest absolute Gasteiger partial charge is 0.573 e. The van der Waals surface area contributed by atoms with Crippen molar-refractivity contribution in [3.8, 4) is 5.75 Å². The van der Waals surface area contributed by atoms with Gasteiger partial charge in [0.25, 0.3) is 0 Å². The maximum Gasteiger partial charge on any atom is 0.573 e. The van der Waals surface area contributed by atoms with E-state index >= 15 is 0 Å². The van der Waals surface area contributed by atoms with Crippen LogP contribution >= 0.6 is 0 Å². The minimum atomic E-state index is -5.16. The highest BCUT2D eigenvalue weighted by molar-refractivity contribution is 5.90. The number of aromatic nitrogens is 1. The summed E-state index contributed by atoms with van der Waals surface area (Å²) in [5.74, 6) is -2.52. The molecule has 0 aliphatic heterocycles. The molecule has 19 heavy (non-hydrogen) atoms. The maximum atomic E-state index is 12.4. The minimum absolute atomic E-state index is 0.133. The summed E-state index contributed by atoms with van der Waals surface area (Å²) < 4.78 is 56.7. The number of aromatic amines is 1. The average molecular weight is 283 g/mol. The monoisotopic (exact) mass is 283 g/mol. The fourth-order valence-corrected chi connectivity index (χ4v) is 1.24. The molecule has 0 fully saturated rings. The van der Waals surface area contributed by atoms with E-state index in [2.05, 4.69) is 9.47 Å². The van der Waals surface area contributed by atoms with Gasteiger partial charge in [-0.25, -0.2) is 9.18 Å². The molecule has 0 atom stereocenters. The zero-order valence-electron chi connectivity index (χ0n) is 9.64. The van der Waals surface area contributed by atoms with Gasteiger partial charge in [-0.05, 0) is 6.92 Å². The van der Waals surface area contributed by atoms with E-state index in [-0.39, 0.29) is 12.3 Å². The van der Waals surface area contributed by atoms with E-state index in [4.69, 9.17) is 0 Å². The third-order valence-corrected chi connectivity index (χ3v) is 1.88. The fourth-order valence-electron chi connectivity index (χ4n) is 1.24. The molecule has 0 spiro atoms. The third-order valence-electron chi connectivity index (χ3n) is 1.88. The highest BCUT2D eigenvalue weighted by Gasteiger charge is 2.35. The van der Waals surface area contributed by atoms with Gasteiger partial charge in [0.1, 0.15) is 6.67 Å². The second kappa shape index (κ2) is 5.72. The van der Waals surface area contributed by atoms with Crippen LogP contribution in [-0.2, 0) is 11.4 Å². The number of esters is 1. The number of halogens is 4. The molecule has 1 aromatic heterocycles. The van der Waals surface area contributed by atoms with Crippen LogP contribution in [0.1, 0.15) is 23.1 Å². The van der Waals surface area contributed by atoms with Crippen molar-refractivity contribution in [2.24, 2.45) is 0 Å². The lowest BCUT2D eigenvalue weighted by Gasteiger charge is -2.12. The maximum absolute atomic E-state index is 12.4. The van der Waals surface area contributed by atoms with Crippen molar-refractivity contribution in [3.63, 3.8) is 0 Å². The smallest absolute Gasteiger partial charge is 0.461 e. The Morgan fingerprint density at radius 1 is 1.42 bits per heavy atom. The van der Waals surface area contributed by atoms with Crippen LogP contribution in [0.3, 0.4) is 0 Å². The topological polar surface area (TPSA) is 68.4 Å². The Balaban J connectivity index is 3.34. The van der Waals surface area contributed by atoms with E-state index in [9.17, 15) is 27.2 Å². The van der Waals surface area contributed by atoms with Crippen LogP contribution in [0.25, 0.3) is 0 Å². The molecule has 1 aromatic rings. The normalized spacial score (nSPS) is 11.2. The molecule has 1 N–H and O–H groups in total. The summed E-state index contributed by atoms with van der Waals surface area (Å²) in [5.41, 5.74) is -2.51. The lowest BCUT2D eigenvalue weighted by Crippen LogP contribution is -2.25. The molecule has 0 aromatic carbocycles. The van der Waals surface area contributed by atoms with Crippen LogP contribution in [0.5, 0.6) is 5.75 Å². The summed E-state index contributed by atoms with van der Waals surface area (Å²) in [6.07, 6.45) is -5.16. The number of hydrogen-bond acceptors (Lipinski definition) is 4. The summed E-state index contributed by atoms with van der Waals surface area (Å²) in [6.45, 7) is 0.124. The third kappa shape index (κ3) is 3.97. The van der Waals surface area contributed by atoms with E-state index in [1.807, 2.05) is 4.98 Å². The lowest BCUT2D eigenvalue weighted by molar-refractivity contribution is -0.275. The van der Waals surface area contributed by atoms with E-state index in [0.29, 0.717) is 6.07 Å². The number of ether oxygens (including phenoxy) is 2. The van der Waals surface area contributed by atoms with Gasteiger partial charge in [0, 0.05) is 6.07 Å². The van der Waals surface area contributed by atoms with Crippen molar-refractivity contribution >= 4 is 5.97 Å². The van der Waals surface area contributed by atoms with Gasteiger partial charge in [0.2, 0.25) is 11.2 Å². The number of nitrogens with one attached hydrogen (secondary N) is 1. The van der Waals surface area contributed by atoms with Gasteiger partial charge in [0.15, 0.2) is 5.69 Å². The summed E-state index contributed by atoms with van der Waals surface area (Å²) in [6, 6.07) is 0.573. The molecule has 9 heteroatoms. The van der Waals surface area contributed by atoms with E-state index < -0.39 is 35.9 Å². The highest BCUT2D eigenvalue weighted by Crippen LogP contribution is 2.23. The van der Waals surface area contributed by atoms with Crippen LogP contribution in [-0.4, -0.2) is 23.9 Å². The van der Waals surface area contributed by atoms with Crippen LogP contribution < -0.4 is 10.2 Å². The summed E-state index contributed by atoms with van der Waals surface area (Å²) >= 11 is 0. The number of rotatable bonds is 4. The second-order valence-corrected chi connectivity index (χ2v) is 3.26. The lowest BCUT2D eigenvalue weighted by atomic mass is 10.2. The van der Waals surface area contributed by atoms with Crippen molar-refractivity contribution < 1.29 is 31.8 Å². The average Bonchev–Trinajstić information content (AvgIpc) is 2.30. The molecule has 0 saturated carbocycles. The first-order valence-corrected chi connectivity index (χ1v) is 5.03. The Morgan fingerprint density at radius 2 is 2.05 bits per heavy atom. The van der Waals surface area contributed by atoms with Crippen molar-refractivity contribution in [2.45, 2.75) is 20.0 Å². The number of carbonyl (C=O) groups excluding carboxylic acids is 1. The van der Waals surface area contributed by atoms with Gasteiger partial charge in [-0.2, -0.15) is 0 Å². The Hall–Kier alpha value is -2.06. The van der Waals surface area contributed by atoms with Gasteiger partial charge in [-0.3, -0.25) is 4.79 Å². The number of H-pyrrole nitrogens is 1. The number of alkyl halides is 4. The molecule has 0 bridgehead atoms. The van der Waals surface area contributed by atoms with Crippen molar-refractivity contribution in [3.05, 3.63) is 27.7 Å².